The number of nitrogens with zero attached hydrogens (tertiary/aromatic N) is 5. The fourth-order valence-corrected chi connectivity index (χ4v) is 4.36. The molecule has 2 aliphatic heterocycles. The van der Waals surface area contributed by atoms with Crippen molar-refractivity contribution < 1.29 is 4.74 Å². The van der Waals surface area contributed by atoms with Gasteiger partial charge in [-0.05, 0) is 38.3 Å². The topological polar surface area (TPSA) is 65.9 Å². The molecule has 1 aromatic heterocycles. The Bertz CT molecular complexity index is 839. The lowest BCUT2D eigenvalue weighted by molar-refractivity contribution is -0.0250. The van der Waals surface area contributed by atoms with E-state index in [-0.39, 0.29) is 30.1 Å². The third-order valence-electron chi connectivity index (χ3n) is 6.08. The first kappa shape index (κ1) is 24.7. The number of ether oxygens (including phenoxy) is 1. The molecule has 8 heteroatoms. The SMILES string of the molecule is CCNC(=NCC1CCCOC1c1ccc(C)cc1)N1CCN(c2ncccn2)CC1.I. The van der Waals surface area contributed by atoms with Crippen LogP contribution in [0, 0.1) is 12.8 Å². The van der Waals surface area contributed by atoms with Gasteiger partial charge in [0.1, 0.15) is 0 Å². The van der Waals surface area contributed by atoms with Gasteiger partial charge in [0.05, 0.1) is 6.10 Å². The molecule has 7 nitrogen and oxygen atoms in total. The number of aliphatic imine (C=N–C) groups is 1. The highest BCUT2D eigenvalue weighted by molar-refractivity contribution is 14.0. The van der Waals surface area contributed by atoms with Crippen molar-refractivity contribution in [1.29, 1.82) is 0 Å². The van der Waals surface area contributed by atoms with E-state index < -0.39 is 0 Å². The Morgan fingerprint density at radius 2 is 1.84 bits per heavy atom. The van der Waals surface area contributed by atoms with Crippen LogP contribution < -0.4 is 10.2 Å². The van der Waals surface area contributed by atoms with E-state index in [1.54, 1.807) is 12.4 Å². The number of anilines is 1. The fraction of sp³-hybridized carbons (Fsp3) is 0.542. The third kappa shape index (κ3) is 6.31. The van der Waals surface area contributed by atoms with Gasteiger partial charge in [-0.3, -0.25) is 4.99 Å². The molecule has 32 heavy (non-hydrogen) atoms. The largest absolute Gasteiger partial charge is 0.373 e. The zero-order chi connectivity index (χ0) is 21.5. The lowest BCUT2D eigenvalue weighted by Gasteiger charge is -2.37. The number of benzene rings is 1. The predicted molar refractivity (Wildman–Crippen MR) is 140 cm³/mol. The summed E-state index contributed by atoms with van der Waals surface area (Å²) in [5.41, 5.74) is 2.55. The lowest BCUT2D eigenvalue weighted by Crippen LogP contribution is -2.53. The van der Waals surface area contributed by atoms with Crippen molar-refractivity contribution in [3.05, 3.63) is 53.9 Å². The van der Waals surface area contributed by atoms with E-state index in [0.717, 1.165) is 70.6 Å². The minimum Gasteiger partial charge on any atom is -0.373 e. The monoisotopic (exact) mass is 550 g/mol. The molecule has 2 aliphatic rings. The number of aromatic nitrogens is 2. The van der Waals surface area contributed by atoms with E-state index in [0.29, 0.717) is 5.92 Å². The first-order valence-electron chi connectivity index (χ1n) is 11.5. The van der Waals surface area contributed by atoms with Crippen molar-refractivity contribution in [2.24, 2.45) is 10.9 Å². The predicted octanol–water partition coefficient (Wildman–Crippen LogP) is 3.66. The number of hydrogen-bond acceptors (Lipinski definition) is 5. The molecule has 0 bridgehead atoms. The number of guanidine groups is 1. The molecule has 2 saturated heterocycles. The molecule has 0 amide bonds. The number of aryl methyl sites for hydroxylation is 1. The Balaban J connectivity index is 0.00000289. The van der Waals surface area contributed by atoms with Crippen LogP contribution in [0.4, 0.5) is 5.95 Å². The van der Waals surface area contributed by atoms with Crippen molar-refractivity contribution in [1.82, 2.24) is 20.2 Å². The molecule has 2 unspecified atom stereocenters. The van der Waals surface area contributed by atoms with E-state index in [2.05, 4.69) is 63.2 Å². The van der Waals surface area contributed by atoms with Crippen LogP contribution >= 0.6 is 24.0 Å². The van der Waals surface area contributed by atoms with Crippen molar-refractivity contribution in [2.45, 2.75) is 32.8 Å². The number of rotatable bonds is 5. The summed E-state index contributed by atoms with van der Waals surface area (Å²) in [5.74, 6) is 2.22. The van der Waals surface area contributed by atoms with Crippen LogP contribution in [-0.4, -0.2) is 66.7 Å². The van der Waals surface area contributed by atoms with E-state index in [9.17, 15) is 0 Å². The molecule has 2 fully saturated rings. The van der Waals surface area contributed by atoms with E-state index in [4.69, 9.17) is 9.73 Å². The molecule has 2 atom stereocenters. The van der Waals surface area contributed by atoms with Gasteiger partial charge in [-0.2, -0.15) is 0 Å². The van der Waals surface area contributed by atoms with Gasteiger partial charge >= 0.3 is 0 Å². The molecule has 1 aromatic carbocycles. The molecule has 1 N–H and O–H groups in total. The van der Waals surface area contributed by atoms with E-state index >= 15 is 0 Å². The molecule has 4 rings (SSSR count). The third-order valence-corrected chi connectivity index (χ3v) is 6.08. The Hall–Kier alpha value is -1.94. The molecular weight excluding hydrogens is 515 g/mol. The van der Waals surface area contributed by atoms with Crippen LogP contribution in [0.15, 0.2) is 47.7 Å². The molecular formula is C24H35IN6O. The average molecular weight is 550 g/mol. The Kier molecular flexibility index (Phi) is 9.52. The van der Waals surface area contributed by atoms with Crippen molar-refractivity contribution in [3.8, 4) is 0 Å². The number of halogens is 1. The van der Waals surface area contributed by atoms with Gasteiger partial charge in [0.2, 0.25) is 5.95 Å². The lowest BCUT2D eigenvalue weighted by atomic mass is 9.89. The second-order valence-corrected chi connectivity index (χ2v) is 8.32. The van der Waals surface area contributed by atoms with Crippen molar-refractivity contribution in [3.63, 3.8) is 0 Å². The summed E-state index contributed by atoms with van der Waals surface area (Å²) in [7, 11) is 0. The second kappa shape index (κ2) is 12.3. The van der Waals surface area contributed by atoms with E-state index in [1.165, 1.54) is 11.1 Å². The van der Waals surface area contributed by atoms with Crippen molar-refractivity contribution in [2.75, 3.05) is 50.8 Å². The molecule has 2 aromatic rings. The maximum atomic E-state index is 6.19. The molecule has 174 valence electrons. The summed E-state index contributed by atoms with van der Waals surface area (Å²) >= 11 is 0. The summed E-state index contributed by atoms with van der Waals surface area (Å²) < 4.78 is 6.19. The smallest absolute Gasteiger partial charge is 0.225 e. The summed E-state index contributed by atoms with van der Waals surface area (Å²) in [4.78, 5) is 18.4. The van der Waals surface area contributed by atoms with Gasteiger partial charge in [-0.1, -0.05) is 29.8 Å². The normalized spacial score (nSPS) is 21.8. The fourth-order valence-electron chi connectivity index (χ4n) is 4.36. The maximum absolute atomic E-state index is 6.19. The Morgan fingerprint density at radius 3 is 2.53 bits per heavy atom. The quantitative estimate of drug-likeness (QED) is 0.349. The number of hydrogen-bond donors (Lipinski definition) is 1. The Labute approximate surface area is 208 Å². The standard InChI is InChI=1S/C24H34N6O.HI/c1-3-25-23(29-13-15-30(16-14-29)24-26-11-5-12-27-24)28-18-21-6-4-17-31-22(21)20-9-7-19(2)8-10-20;/h5,7-12,21-22H,3-4,6,13-18H2,1-2H3,(H,25,28);1H. The minimum atomic E-state index is 0. The van der Waals surface area contributed by atoms with E-state index in [1.807, 2.05) is 6.07 Å². The zero-order valence-corrected chi connectivity index (χ0v) is 21.4. The first-order chi connectivity index (χ1) is 15.2. The average Bonchev–Trinajstić information content (AvgIpc) is 2.83. The molecule has 0 saturated carbocycles. The van der Waals surface area contributed by atoms with Crippen LogP contribution in [0.3, 0.4) is 0 Å². The highest BCUT2D eigenvalue weighted by Gasteiger charge is 2.28. The van der Waals surface area contributed by atoms with Gasteiger partial charge in [0, 0.05) is 64.2 Å². The summed E-state index contributed by atoms with van der Waals surface area (Å²) in [6.45, 7) is 10.3. The summed E-state index contributed by atoms with van der Waals surface area (Å²) in [5, 5.41) is 3.49. The molecule has 0 radical (unpaired) electrons. The Morgan fingerprint density at radius 1 is 1.12 bits per heavy atom. The summed E-state index contributed by atoms with van der Waals surface area (Å²) in [6.07, 6.45) is 6.00. The van der Waals surface area contributed by atoms with Crippen LogP contribution in [0.25, 0.3) is 0 Å². The number of nitrogens with one attached hydrogen (secondary N) is 1. The van der Waals surface area contributed by atoms with Gasteiger partial charge < -0.3 is 19.9 Å². The minimum absolute atomic E-state index is 0. The zero-order valence-electron chi connectivity index (χ0n) is 19.1. The maximum Gasteiger partial charge on any atom is 0.225 e. The van der Waals surface area contributed by atoms with Crippen LogP contribution in [-0.2, 0) is 4.74 Å². The second-order valence-electron chi connectivity index (χ2n) is 8.32. The van der Waals surface area contributed by atoms with Gasteiger partial charge in [0.25, 0.3) is 0 Å². The highest BCUT2D eigenvalue weighted by atomic mass is 127. The number of piperazine rings is 1. The summed E-state index contributed by atoms with van der Waals surface area (Å²) in [6, 6.07) is 10.6. The molecule has 0 spiro atoms. The van der Waals surface area contributed by atoms with Crippen LogP contribution in [0.2, 0.25) is 0 Å². The van der Waals surface area contributed by atoms with Crippen molar-refractivity contribution >= 4 is 35.9 Å². The van der Waals surface area contributed by atoms with Gasteiger partial charge in [-0.25, -0.2) is 9.97 Å². The highest BCUT2D eigenvalue weighted by Crippen LogP contribution is 2.34. The molecule has 0 aliphatic carbocycles. The van der Waals surface area contributed by atoms with Crippen LogP contribution in [0.1, 0.15) is 37.0 Å². The molecule has 3 heterocycles. The van der Waals surface area contributed by atoms with Gasteiger partial charge in [0.15, 0.2) is 5.96 Å². The van der Waals surface area contributed by atoms with Crippen LogP contribution in [0.5, 0.6) is 0 Å². The first-order valence-corrected chi connectivity index (χ1v) is 11.5. The van der Waals surface area contributed by atoms with Gasteiger partial charge in [-0.15, -0.1) is 24.0 Å².